The molecule has 2 rings (SSSR count). The standard InChI is InChI=1S/C13H14N2O4/c1-2-19-13(18)10-8-15(12(17)11(10)16)7-9-4-3-5-14-6-9/h3-6,16H,2,7-8H2,1H3. The summed E-state index contributed by atoms with van der Waals surface area (Å²) in [6.45, 7) is 2.21. The smallest absolute Gasteiger partial charge is 0.339 e. The Labute approximate surface area is 110 Å². The molecule has 0 saturated heterocycles. The molecule has 0 unspecified atom stereocenters. The predicted molar refractivity (Wildman–Crippen MR) is 65.9 cm³/mol. The zero-order chi connectivity index (χ0) is 13.8. The monoisotopic (exact) mass is 262 g/mol. The van der Waals surface area contributed by atoms with Gasteiger partial charge in [0, 0.05) is 18.9 Å². The Kier molecular flexibility index (Phi) is 3.79. The van der Waals surface area contributed by atoms with Crippen LogP contribution in [0.3, 0.4) is 0 Å². The molecule has 1 aliphatic heterocycles. The first-order valence-corrected chi connectivity index (χ1v) is 5.91. The Hall–Kier alpha value is -2.37. The average Bonchev–Trinajstić information content (AvgIpc) is 2.69. The molecule has 6 heteroatoms. The number of aromatic nitrogens is 1. The van der Waals surface area contributed by atoms with Crippen molar-refractivity contribution in [2.24, 2.45) is 0 Å². The summed E-state index contributed by atoms with van der Waals surface area (Å²) in [6, 6.07) is 3.58. The Morgan fingerprint density at radius 1 is 1.58 bits per heavy atom. The van der Waals surface area contributed by atoms with E-state index >= 15 is 0 Å². The highest BCUT2D eigenvalue weighted by Gasteiger charge is 2.34. The fourth-order valence-corrected chi connectivity index (χ4v) is 1.84. The van der Waals surface area contributed by atoms with E-state index in [2.05, 4.69) is 4.98 Å². The van der Waals surface area contributed by atoms with Crippen LogP contribution in [0, 0.1) is 0 Å². The van der Waals surface area contributed by atoms with Crippen LogP contribution in [-0.4, -0.2) is 40.0 Å². The normalized spacial score (nSPS) is 15.0. The Balaban J connectivity index is 2.09. The summed E-state index contributed by atoms with van der Waals surface area (Å²) >= 11 is 0. The van der Waals surface area contributed by atoms with Crippen LogP contribution in [0.5, 0.6) is 0 Å². The topological polar surface area (TPSA) is 79.7 Å². The fraction of sp³-hybridized carbons (Fsp3) is 0.308. The predicted octanol–water partition coefficient (Wildman–Crippen LogP) is 0.799. The lowest BCUT2D eigenvalue weighted by Crippen LogP contribution is -2.27. The zero-order valence-corrected chi connectivity index (χ0v) is 10.5. The zero-order valence-electron chi connectivity index (χ0n) is 10.5. The van der Waals surface area contributed by atoms with Gasteiger partial charge in [0.2, 0.25) is 0 Å². The van der Waals surface area contributed by atoms with Gasteiger partial charge in [-0.3, -0.25) is 9.78 Å². The van der Waals surface area contributed by atoms with Gasteiger partial charge in [0.05, 0.1) is 13.2 Å². The van der Waals surface area contributed by atoms with Crippen LogP contribution in [0.2, 0.25) is 0 Å². The van der Waals surface area contributed by atoms with Gasteiger partial charge in [-0.2, -0.15) is 0 Å². The number of hydrogen-bond acceptors (Lipinski definition) is 5. The lowest BCUT2D eigenvalue weighted by atomic mass is 10.2. The maximum Gasteiger partial charge on any atom is 0.339 e. The molecule has 19 heavy (non-hydrogen) atoms. The quantitative estimate of drug-likeness (QED) is 0.812. The van der Waals surface area contributed by atoms with E-state index in [0.29, 0.717) is 6.54 Å². The number of carbonyl (C=O) groups is 2. The molecule has 0 aliphatic carbocycles. The van der Waals surface area contributed by atoms with Gasteiger partial charge in [0.15, 0.2) is 5.76 Å². The van der Waals surface area contributed by atoms with Gasteiger partial charge in [0.1, 0.15) is 5.57 Å². The van der Waals surface area contributed by atoms with Crippen molar-refractivity contribution in [2.75, 3.05) is 13.2 Å². The number of carbonyl (C=O) groups excluding carboxylic acids is 2. The number of esters is 1. The lowest BCUT2D eigenvalue weighted by Gasteiger charge is -2.15. The van der Waals surface area contributed by atoms with E-state index < -0.39 is 17.6 Å². The van der Waals surface area contributed by atoms with Gasteiger partial charge in [-0.25, -0.2) is 4.79 Å². The van der Waals surface area contributed by atoms with Crippen molar-refractivity contribution in [1.29, 1.82) is 0 Å². The molecule has 6 nitrogen and oxygen atoms in total. The molecule has 0 aromatic carbocycles. The van der Waals surface area contributed by atoms with Gasteiger partial charge in [-0.05, 0) is 18.6 Å². The highest BCUT2D eigenvalue weighted by Crippen LogP contribution is 2.20. The van der Waals surface area contributed by atoms with Crippen molar-refractivity contribution in [1.82, 2.24) is 9.88 Å². The summed E-state index contributed by atoms with van der Waals surface area (Å²) in [5.74, 6) is -1.74. The second-order valence-corrected chi connectivity index (χ2v) is 4.07. The molecule has 0 saturated carbocycles. The van der Waals surface area contributed by atoms with Crippen LogP contribution in [0.1, 0.15) is 12.5 Å². The first-order chi connectivity index (χ1) is 9.13. The summed E-state index contributed by atoms with van der Waals surface area (Å²) < 4.78 is 4.80. The van der Waals surface area contributed by atoms with Gasteiger partial charge in [0.25, 0.3) is 5.91 Å². The van der Waals surface area contributed by atoms with Crippen LogP contribution in [0.4, 0.5) is 0 Å². The van der Waals surface area contributed by atoms with E-state index in [9.17, 15) is 14.7 Å². The van der Waals surface area contributed by atoms with Crippen molar-refractivity contribution in [3.63, 3.8) is 0 Å². The van der Waals surface area contributed by atoms with E-state index in [4.69, 9.17) is 4.74 Å². The number of nitrogens with zero attached hydrogens (tertiary/aromatic N) is 2. The number of hydrogen-bond donors (Lipinski definition) is 1. The molecule has 0 fully saturated rings. The number of rotatable bonds is 4. The Morgan fingerprint density at radius 2 is 2.37 bits per heavy atom. The number of ether oxygens (including phenoxy) is 1. The SMILES string of the molecule is CCOC(=O)C1=C(O)C(=O)N(Cc2cccnc2)C1. The molecule has 1 aliphatic rings. The van der Waals surface area contributed by atoms with Crippen LogP contribution < -0.4 is 0 Å². The van der Waals surface area contributed by atoms with E-state index in [1.165, 1.54) is 4.90 Å². The van der Waals surface area contributed by atoms with Gasteiger partial charge < -0.3 is 14.7 Å². The third kappa shape index (κ3) is 2.73. The van der Waals surface area contributed by atoms with E-state index in [-0.39, 0.29) is 18.7 Å². The fourth-order valence-electron chi connectivity index (χ4n) is 1.84. The molecular weight excluding hydrogens is 248 g/mol. The van der Waals surface area contributed by atoms with Crippen molar-refractivity contribution in [2.45, 2.75) is 13.5 Å². The molecule has 0 radical (unpaired) electrons. The van der Waals surface area contributed by atoms with Crippen molar-refractivity contribution < 1.29 is 19.4 Å². The maximum absolute atomic E-state index is 11.8. The summed E-state index contributed by atoms with van der Waals surface area (Å²) in [5, 5.41) is 9.67. The second kappa shape index (κ2) is 5.51. The molecular formula is C13H14N2O4. The minimum absolute atomic E-state index is 0.00994. The highest BCUT2D eigenvalue weighted by atomic mass is 16.5. The van der Waals surface area contributed by atoms with Crippen LogP contribution in [0.15, 0.2) is 35.9 Å². The minimum atomic E-state index is -0.651. The summed E-state index contributed by atoms with van der Waals surface area (Å²) in [4.78, 5) is 28.7. The Morgan fingerprint density at radius 3 is 3.00 bits per heavy atom. The second-order valence-electron chi connectivity index (χ2n) is 4.07. The molecule has 2 heterocycles. The first kappa shape index (κ1) is 13.1. The largest absolute Gasteiger partial charge is 0.503 e. The average molecular weight is 262 g/mol. The number of aliphatic hydroxyl groups excluding tert-OH is 1. The molecule has 100 valence electrons. The first-order valence-electron chi connectivity index (χ1n) is 5.91. The number of pyridine rings is 1. The van der Waals surface area contributed by atoms with Crippen LogP contribution in [-0.2, 0) is 20.9 Å². The summed E-state index contributed by atoms with van der Waals surface area (Å²) in [7, 11) is 0. The van der Waals surface area contributed by atoms with E-state index in [0.717, 1.165) is 5.56 Å². The molecule has 0 bridgehead atoms. The van der Waals surface area contributed by atoms with Crippen LogP contribution >= 0.6 is 0 Å². The number of aliphatic hydroxyl groups is 1. The molecule has 0 spiro atoms. The maximum atomic E-state index is 11.8. The Bertz CT molecular complexity index is 525. The minimum Gasteiger partial charge on any atom is -0.503 e. The molecule has 1 N–H and O–H groups in total. The van der Waals surface area contributed by atoms with Gasteiger partial charge in [-0.15, -0.1) is 0 Å². The highest BCUT2D eigenvalue weighted by molar-refractivity contribution is 6.04. The van der Waals surface area contributed by atoms with Crippen LogP contribution in [0.25, 0.3) is 0 Å². The van der Waals surface area contributed by atoms with Gasteiger partial charge in [-0.1, -0.05) is 6.07 Å². The van der Waals surface area contributed by atoms with Gasteiger partial charge >= 0.3 is 5.97 Å². The van der Waals surface area contributed by atoms with E-state index in [1.807, 2.05) is 6.07 Å². The molecule has 1 aromatic heterocycles. The van der Waals surface area contributed by atoms with Crippen molar-refractivity contribution in [3.05, 3.63) is 41.4 Å². The third-order valence-electron chi connectivity index (χ3n) is 2.74. The molecule has 1 amide bonds. The summed E-state index contributed by atoms with van der Waals surface area (Å²) in [5.41, 5.74) is 0.837. The summed E-state index contributed by atoms with van der Waals surface area (Å²) in [6.07, 6.45) is 3.27. The number of amides is 1. The van der Waals surface area contributed by atoms with Crippen molar-refractivity contribution in [3.8, 4) is 0 Å². The lowest BCUT2D eigenvalue weighted by molar-refractivity contribution is -0.138. The molecule has 0 atom stereocenters. The van der Waals surface area contributed by atoms with E-state index in [1.54, 1.807) is 25.4 Å². The molecule has 1 aromatic rings. The van der Waals surface area contributed by atoms with Crippen molar-refractivity contribution >= 4 is 11.9 Å². The third-order valence-corrected chi connectivity index (χ3v) is 2.74.